The number of H-pyrrole nitrogens is 1. The molecule has 0 bridgehead atoms. The molecule has 4 rings (SSSR count). The van der Waals surface area contributed by atoms with Crippen molar-refractivity contribution in [2.75, 3.05) is 52.2 Å². The van der Waals surface area contributed by atoms with Gasteiger partial charge in [0.25, 0.3) is 5.85 Å². The minimum absolute atomic E-state index is 0.465. The second kappa shape index (κ2) is 7.51. The number of nitrogens with one attached hydrogen (secondary N) is 5. The number of likely N-dealkylation sites (N-methyl/N-ethyl adjacent to an activating group) is 1. The Bertz CT molecular complexity index is 855. The predicted octanol–water partition coefficient (Wildman–Crippen LogP) is -0.285. The first-order valence-corrected chi connectivity index (χ1v) is 9.04. The monoisotopic (exact) mass is 371 g/mol. The molecule has 2 aromatic rings. The van der Waals surface area contributed by atoms with Crippen LogP contribution in [0.5, 0.6) is 0 Å². The van der Waals surface area contributed by atoms with Crippen LogP contribution in [0.1, 0.15) is 0 Å². The molecule has 27 heavy (non-hydrogen) atoms. The molecule has 0 saturated carbocycles. The molecule has 3 heterocycles. The lowest BCUT2D eigenvalue weighted by atomic mass is 10.2. The number of hydrogen-bond donors (Lipinski definition) is 5. The Morgan fingerprint density at radius 3 is 2.89 bits per heavy atom. The van der Waals surface area contributed by atoms with Crippen molar-refractivity contribution in [3.63, 3.8) is 0 Å². The number of fused-ring (bicyclic) bond motifs is 1. The zero-order chi connectivity index (χ0) is 18.7. The number of guanidine groups is 2. The molecule has 0 amide bonds. The molecule has 1 aromatic carbocycles. The Kier molecular flexibility index (Phi) is 4.92. The third kappa shape index (κ3) is 3.72. The molecular weight excluding hydrogens is 346 g/mol. The molecule has 2 aliphatic rings. The number of nitrogens with zero attached hydrogens (tertiary/aromatic N) is 4. The Hall–Kier alpha value is -2.69. The lowest BCUT2D eigenvalue weighted by Crippen LogP contribution is -2.58. The van der Waals surface area contributed by atoms with E-state index in [1.165, 1.54) is 0 Å². The van der Waals surface area contributed by atoms with Crippen LogP contribution in [-0.2, 0) is 4.74 Å². The van der Waals surface area contributed by atoms with Crippen molar-refractivity contribution in [3.05, 3.63) is 24.4 Å². The number of benzene rings is 1. The number of anilines is 1. The van der Waals surface area contributed by atoms with Crippen LogP contribution in [0.15, 0.2) is 34.4 Å². The summed E-state index contributed by atoms with van der Waals surface area (Å²) in [6, 6.07) is 5.98. The number of aliphatic imine (C=N–C) groups is 2. The maximum absolute atomic E-state index is 5.69. The van der Waals surface area contributed by atoms with Gasteiger partial charge in [-0.3, -0.25) is 10.4 Å². The highest BCUT2D eigenvalue weighted by molar-refractivity contribution is 6.07. The first-order valence-electron chi connectivity index (χ1n) is 9.04. The Morgan fingerprint density at radius 1 is 1.26 bits per heavy atom. The average Bonchev–Trinajstić information content (AvgIpc) is 3.16. The number of piperazine rings is 1. The summed E-state index contributed by atoms with van der Waals surface area (Å²) in [4.78, 5) is 11.6. The summed E-state index contributed by atoms with van der Waals surface area (Å²) in [7, 11) is 3.48. The van der Waals surface area contributed by atoms with Gasteiger partial charge < -0.3 is 25.6 Å². The molecule has 1 atom stereocenters. The van der Waals surface area contributed by atoms with Crippen LogP contribution in [0.2, 0.25) is 0 Å². The third-order valence-corrected chi connectivity index (χ3v) is 4.65. The lowest BCUT2D eigenvalue weighted by Gasteiger charge is -2.36. The highest BCUT2D eigenvalue weighted by atomic mass is 16.5. The molecule has 1 fully saturated rings. The van der Waals surface area contributed by atoms with Crippen LogP contribution in [-0.4, -0.2) is 79.7 Å². The molecule has 10 heteroatoms. The molecule has 10 nitrogen and oxygen atoms in total. The first-order chi connectivity index (χ1) is 13.2. The Balaban J connectivity index is 1.61. The van der Waals surface area contributed by atoms with Crippen molar-refractivity contribution in [1.82, 2.24) is 31.0 Å². The van der Waals surface area contributed by atoms with Gasteiger partial charge in [0, 0.05) is 44.4 Å². The zero-order valence-corrected chi connectivity index (χ0v) is 15.5. The van der Waals surface area contributed by atoms with Gasteiger partial charge in [-0.05, 0) is 25.2 Å². The number of aromatic nitrogens is 2. The van der Waals surface area contributed by atoms with Gasteiger partial charge in [0.2, 0.25) is 11.9 Å². The minimum atomic E-state index is -1.01. The molecular formula is C17H25N9O. The van der Waals surface area contributed by atoms with E-state index in [-0.39, 0.29) is 0 Å². The van der Waals surface area contributed by atoms with E-state index in [0.29, 0.717) is 12.5 Å². The summed E-state index contributed by atoms with van der Waals surface area (Å²) in [6.07, 6.45) is 1.80. The van der Waals surface area contributed by atoms with Crippen molar-refractivity contribution >= 4 is 28.5 Å². The van der Waals surface area contributed by atoms with Crippen LogP contribution in [0.3, 0.4) is 0 Å². The molecule has 1 saturated heterocycles. The van der Waals surface area contributed by atoms with Gasteiger partial charge in [-0.25, -0.2) is 0 Å². The molecule has 144 valence electrons. The summed E-state index contributed by atoms with van der Waals surface area (Å²) in [6.45, 7) is 4.05. The zero-order valence-electron chi connectivity index (χ0n) is 15.5. The number of rotatable bonds is 4. The smallest absolute Gasteiger partial charge is 0.275 e. The van der Waals surface area contributed by atoms with E-state index in [0.717, 1.165) is 48.7 Å². The molecule has 2 aliphatic heterocycles. The van der Waals surface area contributed by atoms with Crippen LogP contribution in [0.4, 0.5) is 5.69 Å². The second-order valence-electron chi connectivity index (χ2n) is 6.53. The largest absolute Gasteiger partial charge is 0.340 e. The number of hydrogen-bond acceptors (Lipinski definition) is 9. The lowest BCUT2D eigenvalue weighted by molar-refractivity contribution is 0.00453. The Labute approximate surface area is 157 Å². The van der Waals surface area contributed by atoms with Crippen LogP contribution < -0.4 is 21.3 Å². The summed E-state index contributed by atoms with van der Waals surface area (Å²) >= 11 is 0. The van der Waals surface area contributed by atoms with E-state index in [1.54, 1.807) is 13.3 Å². The van der Waals surface area contributed by atoms with Gasteiger partial charge in [0.1, 0.15) is 0 Å². The summed E-state index contributed by atoms with van der Waals surface area (Å²) < 4.78 is 5.69. The van der Waals surface area contributed by atoms with Gasteiger partial charge >= 0.3 is 0 Å². The van der Waals surface area contributed by atoms with Crippen molar-refractivity contribution in [2.24, 2.45) is 9.98 Å². The van der Waals surface area contributed by atoms with Crippen molar-refractivity contribution < 1.29 is 4.74 Å². The van der Waals surface area contributed by atoms with Crippen molar-refractivity contribution in [1.29, 1.82) is 0 Å². The third-order valence-electron chi connectivity index (χ3n) is 4.65. The molecule has 1 unspecified atom stereocenters. The number of methoxy groups -OCH3 is 1. The van der Waals surface area contributed by atoms with E-state index in [1.807, 2.05) is 25.2 Å². The highest BCUT2D eigenvalue weighted by Gasteiger charge is 2.35. The molecule has 0 spiro atoms. The van der Waals surface area contributed by atoms with Gasteiger partial charge in [-0.2, -0.15) is 15.1 Å². The summed E-state index contributed by atoms with van der Waals surface area (Å²) in [5.41, 5.74) is 1.90. The van der Waals surface area contributed by atoms with Crippen molar-refractivity contribution in [2.45, 2.75) is 5.85 Å². The van der Waals surface area contributed by atoms with E-state index in [4.69, 9.17) is 9.73 Å². The quantitative estimate of drug-likeness (QED) is 0.502. The standard InChI is InChI=1S/C17H25N9O/c1-18-11-17(27-2)23-15(22-16(24-17)26-7-5-19-6-8-26)21-13-3-4-14-12(9-13)10-20-25-14/h3-4,9-10,18-19H,5-8,11H2,1-2H3,(H,20,25)(H2,21,22,23,24). The first kappa shape index (κ1) is 17.7. The van der Waals surface area contributed by atoms with Gasteiger partial charge in [-0.1, -0.05) is 0 Å². The second-order valence-corrected chi connectivity index (χ2v) is 6.53. The average molecular weight is 371 g/mol. The van der Waals surface area contributed by atoms with Gasteiger partial charge in [-0.15, -0.1) is 0 Å². The maximum atomic E-state index is 5.69. The summed E-state index contributed by atoms with van der Waals surface area (Å²) in [5, 5.41) is 21.2. The minimum Gasteiger partial charge on any atom is -0.340 e. The van der Waals surface area contributed by atoms with Crippen LogP contribution in [0, 0.1) is 0 Å². The number of aromatic amines is 1. The summed E-state index contributed by atoms with van der Waals surface area (Å²) in [5.74, 6) is 0.344. The van der Waals surface area contributed by atoms with Crippen LogP contribution in [0.25, 0.3) is 10.9 Å². The molecule has 0 aliphatic carbocycles. The van der Waals surface area contributed by atoms with E-state index < -0.39 is 5.85 Å². The molecule has 0 radical (unpaired) electrons. The fraction of sp³-hybridized carbons (Fsp3) is 0.471. The topological polar surface area (TPSA) is 114 Å². The highest BCUT2D eigenvalue weighted by Crippen LogP contribution is 2.20. The fourth-order valence-corrected chi connectivity index (χ4v) is 3.24. The number of ether oxygens (including phenoxy) is 1. The Morgan fingerprint density at radius 2 is 2.11 bits per heavy atom. The predicted molar refractivity (Wildman–Crippen MR) is 106 cm³/mol. The van der Waals surface area contributed by atoms with Gasteiger partial charge in [0.15, 0.2) is 0 Å². The van der Waals surface area contributed by atoms with Crippen molar-refractivity contribution in [3.8, 4) is 0 Å². The SMILES string of the molecule is CNCC1(OC)N=C(Nc2ccc3[nH]ncc3c2)NC(N2CCNCC2)=N1. The fourth-order valence-electron chi connectivity index (χ4n) is 3.24. The van der Waals surface area contributed by atoms with Gasteiger partial charge in [0.05, 0.1) is 18.3 Å². The maximum Gasteiger partial charge on any atom is 0.275 e. The van der Waals surface area contributed by atoms with E-state index in [9.17, 15) is 0 Å². The molecule has 5 N–H and O–H groups in total. The normalized spacial score (nSPS) is 23.0. The van der Waals surface area contributed by atoms with E-state index >= 15 is 0 Å². The molecule has 1 aromatic heterocycles. The van der Waals surface area contributed by atoms with E-state index in [2.05, 4.69) is 41.4 Å². The van der Waals surface area contributed by atoms with Crippen LogP contribution >= 0.6 is 0 Å².